The summed E-state index contributed by atoms with van der Waals surface area (Å²) in [5.41, 5.74) is -1.00. The molecule has 0 bridgehead atoms. The van der Waals surface area contributed by atoms with Gasteiger partial charge in [-0.1, -0.05) is 6.07 Å². The average molecular weight is 309 g/mol. The lowest BCUT2D eigenvalue weighted by Gasteiger charge is -2.26. The number of nitro groups is 1. The van der Waals surface area contributed by atoms with E-state index in [4.69, 9.17) is 9.47 Å². The number of hydrogen-bond acceptors (Lipinski definition) is 6. The Labute approximate surface area is 128 Å². The molecule has 1 rings (SSSR count). The molecule has 7 heteroatoms. The maximum atomic E-state index is 12.3. The smallest absolute Gasteiger partial charge is 0.327 e. The van der Waals surface area contributed by atoms with Crippen LogP contribution in [-0.4, -0.2) is 30.1 Å². The number of aryl methyl sites for hydroxylation is 1. The van der Waals surface area contributed by atoms with Gasteiger partial charge in [-0.25, -0.2) is 0 Å². The van der Waals surface area contributed by atoms with Gasteiger partial charge in [0.05, 0.1) is 18.1 Å². The van der Waals surface area contributed by atoms with E-state index in [2.05, 4.69) is 0 Å². The number of esters is 2. The van der Waals surface area contributed by atoms with Gasteiger partial charge in [0.25, 0.3) is 5.69 Å². The highest BCUT2D eigenvalue weighted by atomic mass is 16.6. The monoisotopic (exact) mass is 309 g/mol. The number of non-ortho nitro benzene ring substituents is 1. The predicted molar refractivity (Wildman–Crippen MR) is 78.5 cm³/mol. The SMILES string of the molecule is CCOC(=O)C(C)(C(=O)OCC)c1ccc([N+](=O)[O-])cc1C. The number of nitrogens with zero attached hydrogens (tertiary/aromatic N) is 1. The summed E-state index contributed by atoms with van der Waals surface area (Å²) in [7, 11) is 0. The van der Waals surface area contributed by atoms with Crippen LogP contribution in [0.3, 0.4) is 0 Å². The molecular formula is C15H19NO6. The van der Waals surface area contributed by atoms with Crippen molar-refractivity contribution >= 4 is 17.6 Å². The summed E-state index contributed by atoms with van der Waals surface area (Å²) >= 11 is 0. The fourth-order valence-corrected chi connectivity index (χ4v) is 2.18. The number of ether oxygens (including phenoxy) is 2. The lowest BCUT2D eigenvalue weighted by Crippen LogP contribution is -2.44. The minimum Gasteiger partial charge on any atom is -0.465 e. The van der Waals surface area contributed by atoms with E-state index in [0.29, 0.717) is 11.1 Å². The highest BCUT2D eigenvalue weighted by Crippen LogP contribution is 2.32. The molecule has 120 valence electrons. The van der Waals surface area contributed by atoms with Gasteiger partial charge in [0, 0.05) is 12.1 Å². The zero-order valence-electron chi connectivity index (χ0n) is 13.0. The molecule has 0 saturated heterocycles. The van der Waals surface area contributed by atoms with Crippen LogP contribution in [0.15, 0.2) is 18.2 Å². The molecule has 0 spiro atoms. The molecule has 0 N–H and O–H groups in total. The fraction of sp³-hybridized carbons (Fsp3) is 0.467. The van der Waals surface area contributed by atoms with Crippen molar-refractivity contribution in [1.82, 2.24) is 0 Å². The van der Waals surface area contributed by atoms with E-state index in [1.165, 1.54) is 25.1 Å². The Morgan fingerprint density at radius 1 is 1.18 bits per heavy atom. The Bertz CT molecular complexity index is 578. The molecule has 0 aliphatic heterocycles. The first kappa shape index (κ1) is 17.6. The van der Waals surface area contributed by atoms with E-state index >= 15 is 0 Å². The summed E-state index contributed by atoms with van der Waals surface area (Å²) in [6, 6.07) is 3.95. The van der Waals surface area contributed by atoms with E-state index < -0.39 is 22.3 Å². The Kier molecular flexibility index (Phi) is 5.62. The Hall–Kier alpha value is -2.44. The number of carbonyl (C=O) groups is 2. The van der Waals surface area contributed by atoms with Crippen LogP contribution in [0.2, 0.25) is 0 Å². The maximum absolute atomic E-state index is 12.3. The minimum atomic E-state index is -1.66. The summed E-state index contributed by atoms with van der Waals surface area (Å²) < 4.78 is 9.98. The molecule has 0 aromatic heterocycles. The van der Waals surface area contributed by atoms with Crippen LogP contribution in [0.5, 0.6) is 0 Å². The van der Waals surface area contributed by atoms with Crippen LogP contribution >= 0.6 is 0 Å². The standard InChI is InChI=1S/C15H19NO6/c1-5-21-13(17)15(4,14(18)22-6-2)12-8-7-11(16(19)20)9-10(12)3/h7-9H,5-6H2,1-4H3. The topological polar surface area (TPSA) is 95.7 Å². The van der Waals surface area contributed by atoms with Gasteiger partial charge in [0.15, 0.2) is 5.41 Å². The summed E-state index contributed by atoms with van der Waals surface area (Å²) in [4.78, 5) is 34.9. The first-order valence-corrected chi connectivity index (χ1v) is 6.88. The third-order valence-corrected chi connectivity index (χ3v) is 3.33. The van der Waals surface area contributed by atoms with Gasteiger partial charge < -0.3 is 9.47 Å². The number of rotatable bonds is 6. The Morgan fingerprint density at radius 3 is 2.05 bits per heavy atom. The quantitative estimate of drug-likeness (QED) is 0.346. The second-order valence-corrected chi connectivity index (χ2v) is 4.82. The molecule has 1 aromatic rings. The molecule has 0 amide bonds. The lowest BCUT2D eigenvalue weighted by molar-refractivity contribution is -0.384. The predicted octanol–water partition coefficient (Wildman–Crippen LogP) is 2.29. The zero-order chi connectivity index (χ0) is 16.9. The van der Waals surface area contributed by atoms with Gasteiger partial charge in [-0.05, 0) is 38.8 Å². The lowest BCUT2D eigenvalue weighted by atomic mass is 9.80. The normalized spacial score (nSPS) is 10.9. The third-order valence-electron chi connectivity index (χ3n) is 3.33. The Balaban J connectivity index is 3.42. The number of benzene rings is 1. The van der Waals surface area contributed by atoms with Crippen LogP contribution in [0.1, 0.15) is 31.9 Å². The molecule has 0 saturated carbocycles. The van der Waals surface area contributed by atoms with Crippen molar-refractivity contribution in [3.63, 3.8) is 0 Å². The molecule has 0 aliphatic carbocycles. The van der Waals surface area contributed by atoms with Crippen molar-refractivity contribution in [2.45, 2.75) is 33.1 Å². The summed E-state index contributed by atoms with van der Waals surface area (Å²) in [5, 5.41) is 10.8. The largest absolute Gasteiger partial charge is 0.465 e. The molecular weight excluding hydrogens is 290 g/mol. The van der Waals surface area contributed by atoms with Crippen molar-refractivity contribution in [3.05, 3.63) is 39.4 Å². The molecule has 0 fully saturated rings. The van der Waals surface area contributed by atoms with E-state index in [-0.39, 0.29) is 18.9 Å². The highest BCUT2D eigenvalue weighted by Gasteiger charge is 2.47. The van der Waals surface area contributed by atoms with Crippen molar-refractivity contribution in [1.29, 1.82) is 0 Å². The molecule has 0 radical (unpaired) electrons. The van der Waals surface area contributed by atoms with Gasteiger partial charge in [-0.15, -0.1) is 0 Å². The van der Waals surface area contributed by atoms with Gasteiger partial charge >= 0.3 is 11.9 Å². The minimum absolute atomic E-state index is 0.111. The van der Waals surface area contributed by atoms with Gasteiger partial charge in [-0.2, -0.15) is 0 Å². The second kappa shape index (κ2) is 7.02. The molecule has 0 atom stereocenters. The van der Waals surface area contributed by atoms with E-state index in [0.717, 1.165) is 0 Å². The van der Waals surface area contributed by atoms with Gasteiger partial charge in [0.1, 0.15) is 0 Å². The molecule has 0 aliphatic rings. The fourth-order valence-electron chi connectivity index (χ4n) is 2.18. The Morgan fingerprint density at radius 2 is 1.68 bits per heavy atom. The van der Waals surface area contributed by atoms with Crippen LogP contribution in [0.4, 0.5) is 5.69 Å². The first-order chi connectivity index (χ1) is 10.3. The van der Waals surface area contributed by atoms with Crippen LogP contribution in [0.25, 0.3) is 0 Å². The third kappa shape index (κ3) is 3.24. The van der Waals surface area contributed by atoms with Crippen LogP contribution in [-0.2, 0) is 24.5 Å². The molecule has 0 heterocycles. The van der Waals surface area contributed by atoms with Gasteiger partial charge in [-0.3, -0.25) is 19.7 Å². The van der Waals surface area contributed by atoms with Crippen molar-refractivity contribution in [2.75, 3.05) is 13.2 Å². The number of nitro benzene ring substituents is 1. The van der Waals surface area contributed by atoms with Crippen molar-refractivity contribution in [2.24, 2.45) is 0 Å². The zero-order valence-corrected chi connectivity index (χ0v) is 13.0. The first-order valence-electron chi connectivity index (χ1n) is 6.88. The van der Waals surface area contributed by atoms with Crippen molar-refractivity contribution in [3.8, 4) is 0 Å². The number of hydrogen-bond donors (Lipinski definition) is 0. The van der Waals surface area contributed by atoms with E-state index in [1.54, 1.807) is 20.8 Å². The summed E-state index contributed by atoms with van der Waals surface area (Å²) in [5.74, 6) is -1.49. The van der Waals surface area contributed by atoms with Crippen LogP contribution in [0, 0.1) is 17.0 Å². The molecule has 7 nitrogen and oxygen atoms in total. The molecule has 22 heavy (non-hydrogen) atoms. The average Bonchev–Trinajstić information content (AvgIpc) is 2.46. The van der Waals surface area contributed by atoms with Gasteiger partial charge in [0.2, 0.25) is 0 Å². The second-order valence-electron chi connectivity index (χ2n) is 4.82. The summed E-state index contributed by atoms with van der Waals surface area (Å²) in [6.07, 6.45) is 0. The van der Waals surface area contributed by atoms with Crippen molar-refractivity contribution < 1.29 is 24.0 Å². The molecule has 1 aromatic carbocycles. The summed E-state index contributed by atoms with van der Waals surface area (Å²) in [6.45, 7) is 6.48. The maximum Gasteiger partial charge on any atom is 0.327 e. The highest BCUT2D eigenvalue weighted by molar-refractivity contribution is 6.06. The molecule has 0 unspecified atom stereocenters. The van der Waals surface area contributed by atoms with Crippen LogP contribution < -0.4 is 0 Å². The number of carbonyl (C=O) groups excluding carboxylic acids is 2. The van der Waals surface area contributed by atoms with E-state index in [1.807, 2.05) is 0 Å². The van der Waals surface area contributed by atoms with E-state index in [9.17, 15) is 19.7 Å².